The van der Waals surface area contributed by atoms with Crippen LogP contribution in [0.1, 0.15) is 6.42 Å². The lowest BCUT2D eigenvalue weighted by Crippen LogP contribution is -2.50. The summed E-state index contributed by atoms with van der Waals surface area (Å²) in [6.45, 7) is 5.01. The van der Waals surface area contributed by atoms with Gasteiger partial charge in [-0.05, 0) is 13.0 Å². The Kier molecular flexibility index (Phi) is 2.15. The van der Waals surface area contributed by atoms with Crippen molar-refractivity contribution in [2.24, 2.45) is 0 Å². The van der Waals surface area contributed by atoms with Gasteiger partial charge in [-0.25, -0.2) is 0 Å². The minimum Gasteiger partial charge on any atom is -0.314 e. The van der Waals surface area contributed by atoms with E-state index < -0.39 is 0 Å². The van der Waals surface area contributed by atoms with Crippen LogP contribution in [0.4, 0.5) is 0 Å². The van der Waals surface area contributed by atoms with Gasteiger partial charge in [-0.2, -0.15) is 0 Å². The zero-order valence-electron chi connectivity index (χ0n) is 6.02. The van der Waals surface area contributed by atoms with Crippen molar-refractivity contribution in [2.75, 3.05) is 26.2 Å². The van der Waals surface area contributed by atoms with Crippen molar-refractivity contribution in [1.29, 1.82) is 0 Å². The van der Waals surface area contributed by atoms with E-state index in [0.717, 1.165) is 9.97 Å². The van der Waals surface area contributed by atoms with Gasteiger partial charge >= 0.3 is 0 Å². The van der Waals surface area contributed by atoms with Crippen molar-refractivity contribution in [1.82, 2.24) is 10.2 Å². The van der Waals surface area contributed by atoms with Gasteiger partial charge in [-0.1, -0.05) is 22.6 Å². The fourth-order valence-electron chi connectivity index (χ4n) is 1.88. The van der Waals surface area contributed by atoms with Crippen molar-refractivity contribution >= 4 is 22.6 Å². The molecule has 2 aliphatic rings. The molecular weight excluding hydrogens is 239 g/mol. The Morgan fingerprint density at radius 2 is 2.30 bits per heavy atom. The molecule has 1 unspecified atom stereocenters. The third-order valence-electron chi connectivity index (χ3n) is 2.51. The van der Waals surface area contributed by atoms with Gasteiger partial charge in [0.15, 0.2) is 0 Å². The van der Waals surface area contributed by atoms with E-state index in [-0.39, 0.29) is 0 Å². The molecule has 3 heteroatoms. The van der Waals surface area contributed by atoms with E-state index >= 15 is 0 Å². The largest absolute Gasteiger partial charge is 0.314 e. The van der Waals surface area contributed by atoms with E-state index in [0.29, 0.717) is 0 Å². The average molecular weight is 252 g/mol. The molecule has 2 heterocycles. The second-order valence-electron chi connectivity index (χ2n) is 3.11. The summed E-state index contributed by atoms with van der Waals surface area (Å²) in [6.07, 6.45) is 1.40. The van der Waals surface area contributed by atoms with Crippen molar-refractivity contribution in [3.63, 3.8) is 0 Å². The lowest BCUT2D eigenvalue weighted by Gasteiger charge is -2.31. The van der Waals surface area contributed by atoms with Crippen LogP contribution in [0, 0.1) is 0 Å². The standard InChI is InChI=1S/C7H13IN2/c8-6-1-3-10-4-2-9-5-7(6)10/h6-7,9H,1-5H2/t6-,7?/m0/s1. The van der Waals surface area contributed by atoms with Crippen molar-refractivity contribution in [2.45, 2.75) is 16.4 Å². The Balaban J connectivity index is 2.01. The molecule has 2 rings (SSSR count). The number of nitrogens with zero attached hydrogens (tertiary/aromatic N) is 1. The fraction of sp³-hybridized carbons (Fsp3) is 1.00. The second kappa shape index (κ2) is 2.95. The minimum atomic E-state index is 0.842. The first-order valence-corrected chi connectivity index (χ1v) is 5.21. The monoisotopic (exact) mass is 252 g/mol. The normalized spacial score (nSPS) is 41.7. The van der Waals surface area contributed by atoms with Gasteiger partial charge in [0.1, 0.15) is 0 Å². The van der Waals surface area contributed by atoms with E-state index in [2.05, 4.69) is 32.8 Å². The summed E-state index contributed by atoms with van der Waals surface area (Å²) in [5.74, 6) is 0. The van der Waals surface area contributed by atoms with Gasteiger partial charge in [0.05, 0.1) is 0 Å². The first-order chi connectivity index (χ1) is 4.88. The molecule has 2 fully saturated rings. The van der Waals surface area contributed by atoms with Crippen molar-refractivity contribution < 1.29 is 0 Å². The molecule has 0 bridgehead atoms. The lowest BCUT2D eigenvalue weighted by atomic mass is 10.2. The molecule has 58 valence electrons. The molecule has 0 aromatic carbocycles. The maximum Gasteiger partial charge on any atom is 0.0339 e. The first kappa shape index (κ1) is 7.31. The quantitative estimate of drug-likeness (QED) is 0.498. The number of rotatable bonds is 0. The highest BCUT2D eigenvalue weighted by Gasteiger charge is 2.33. The Hall–Kier alpha value is 0.650. The van der Waals surface area contributed by atoms with Crippen LogP contribution in [-0.4, -0.2) is 41.0 Å². The van der Waals surface area contributed by atoms with Crippen LogP contribution in [0.15, 0.2) is 0 Å². The molecule has 0 amide bonds. The lowest BCUT2D eigenvalue weighted by molar-refractivity contribution is 0.216. The van der Waals surface area contributed by atoms with Gasteiger partial charge in [0, 0.05) is 29.6 Å². The molecule has 2 nitrogen and oxygen atoms in total. The number of alkyl halides is 1. The van der Waals surface area contributed by atoms with Crippen LogP contribution in [0.5, 0.6) is 0 Å². The van der Waals surface area contributed by atoms with E-state index in [1.807, 2.05) is 0 Å². The van der Waals surface area contributed by atoms with Gasteiger partial charge < -0.3 is 5.32 Å². The molecule has 0 aromatic rings. The van der Waals surface area contributed by atoms with Crippen LogP contribution in [0.3, 0.4) is 0 Å². The highest BCUT2D eigenvalue weighted by molar-refractivity contribution is 14.1. The average Bonchev–Trinajstić information content (AvgIpc) is 2.34. The molecule has 2 aliphatic heterocycles. The molecule has 0 aromatic heterocycles. The molecule has 0 spiro atoms. The number of hydrogen-bond acceptors (Lipinski definition) is 2. The maximum atomic E-state index is 3.44. The number of nitrogens with one attached hydrogen (secondary N) is 1. The molecule has 10 heavy (non-hydrogen) atoms. The van der Waals surface area contributed by atoms with E-state index in [1.165, 1.54) is 32.6 Å². The van der Waals surface area contributed by atoms with Gasteiger partial charge in [-0.15, -0.1) is 0 Å². The van der Waals surface area contributed by atoms with Crippen molar-refractivity contribution in [3.05, 3.63) is 0 Å². The molecule has 2 atom stereocenters. The minimum absolute atomic E-state index is 0.842. The summed E-state index contributed by atoms with van der Waals surface area (Å²) in [5, 5.41) is 3.44. The number of fused-ring (bicyclic) bond motifs is 1. The highest BCUT2D eigenvalue weighted by Crippen LogP contribution is 2.25. The molecule has 0 saturated carbocycles. The summed E-state index contributed by atoms with van der Waals surface area (Å²) in [7, 11) is 0. The Bertz CT molecular complexity index is 127. The topological polar surface area (TPSA) is 15.3 Å². The van der Waals surface area contributed by atoms with Crippen LogP contribution < -0.4 is 5.32 Å². The van der Waals surface area contributed by atoms with E-state index in [1.54, 1.807) is 0 Å². The van der Waals surface area contributed by atoms with Gasteiger partial charge in [-0.3, -0.25) is 4.90 Å². The van der Waals surface area contributed by atoms with Crippen LogP contribution in [0.2, 0.25) is 0 Å². The summed E-state index contributed by atoms with van der Waals surface area (Å²) in [5.41, 5.74) is 0. The van der Waals surface area contributed by atoms with Crippen molar-refractivity contribution in [3.8, 4) is 0 Å². The molecule has 0 radical (unpaired) electrons. The SMILES string of the molecule is I[C@H]1CCN2CCNCC12. The van der Waals surface area contributed by atoms with Gasteiger partial charge in [0.2, 0.25) is 0 Å². The summed E-state index contributed by atoms with van der Waals surface area (Å²) >= 11 is 2.58. The van der Waals surface area contributed by atoms with E-state index in [9.17, 15) is 0 Å². The second-order valence-corrected chi connectivity index (χ2v) is 4.71. The Labute approximate surface area is 75.5 Å². The predicted octanol–water partition coefficient (Wildman–Crippen LogP) is 0.468. The maximum absolute atomic E-state index is 3.44. The number of hydrogen-bond donors (Lipinski definition) is 1. The van der Waals surface area contributed by atoms with E-state index in [4.69, 9.17) is 0 Å². The zero-order chi connectivity index (χ0) is 6.97. The first-order valence-electron chi connectivity index (χ1n) is 3.97. The summed E-state index contributed by atoms with van der Waals surface area (Å²) in [6, 6.07) is 0.842. The Morgan fingerprint density at radius 1 is 1.40 bits per heavy atom. The third kappa shape index (κ3) is 1.19. The molecular formula is C7H13IN2. The zero-order valence-corrected chi connectivity index (χ0v) is 8.17. The number of halogens is 1. The highest BCUT2D eigenvalue weighted by atomic mass is 127. The molecule has 2 saturated heterocycles. The smallest absolute Gasteiger partial charge is 0.0339 e. The molecule has 1 N–H and O–H groups in total. The Morgan fingerprint density at radius 3 is 3.10 bits per heavy atom. The molecule has 0 aliphatic carbocycles. The fourth-order valence-corrected chi connectivity index (χ4v) is 2.87. The summed E-state index contributed by atoms with van der Waals surface area (Å²) in [4.78, 5) is 2.62. The van der Waals surface area contributed by atoms with Gasteiger partial charge in [0.25, 0.3) is 0 Å². The predicted molar refractivity (Wildman–Crippen MR) is 50.7 cm³/mol. The van der Waals surface area contributed by atoms with Crippen LogP contribution >= 0.6 is 22.6 Å². The number of piperazine rings is 1. The third-order valence-corrected chi connectivity index (χ3v) is 3.96. The summed E-state index contributed by atoms with van der Waals surface area (Å²) < 4.78 is 0.894. The van der Waals surface area contributed by atoms with Crippen LogP contribution in [-0.2, 0) is 0 Å². The van der Waals surface area contributed by atoms with Crippen LogP contribution in [0.25, 0.3) is 0 Å².